The van der Waals surface area contributed by atoms with Crippen LogP contribution in [0, 0.1) is 6.92 Å². The molecule has 8 heteroatoms. The van der Waals surface area contributed by atoms with Crippen LogP contribution in [0.3, 0.4) is 0 Å². The first-order chi connectivity index (χ1) is 13.9. The molecular weight excluding hydrogens is 390 g/mol. The summed E-state index contributed by atoms with van der Waals surface area (Å²) >= 11 is 0. The average Bonchev–Trinajstić information content (AvgIpc) is 2.73. The van der Waals surface area contributed by atoms with Crippen molar-refractivity contribution in [1.29, 1.82) is 0 Å². The van der Waals surface area contributed by atoms with Gasteiger partial charge < -0.3 is 10.1 Å². The molecule has 0 bridgehead atoms. The van der Waals surface area contributed by atoms with Crippen LogP contribution >= 0.6 is 0 Å². The normalized spacial score (nSPS) is 15.8. The van der Waals surface area contributed by atoms with Gasteiger partial charge in [0.2, 0.25) is 10.0 Å². The third-order valence-electron chi connectivity index (χ3n) is 4.82. The zero-order valence-electron chi connectivity index (χ0n) is 16.6. The number of carbonyl (C=O) groups is 1. The largest absolute Gasteiger partial charge is 0.484 e. The van der Waals surface area contributed by atoms with E-state index in [1.807, 2.05) is 31.2 Å². The SMILES string of the molecule is Cc1cccc(OCC(=O)NCCN2CCN(S(=O)(=O)c3ccccc3)CC2)c1. The van der Waals surface area contributed by atoms with Crippen LogP contribution in [0.1, 0.15) is 5.56 Å². The Labute approximate surface area is 172 Å². The Hall–Kier alpha value is -2.42. The minimum absolute atomic E-state index is 0.0213. The molecule has 1 heterocycles. The monoisotopic (exact) mass is 417 g/mol. The Bertz CT molecular complexity index is 911. The lowest BCUT2D eigenvalue weighted by Crippen LogP contribution is -2.50. The standard InChI is InChI=1S/C21H27N3O4S/c1-18-6-5-7-19(16-18)28-17-21(25)22-10-11-23-12-14-24(15-13-23)29(26,27)20-8-3-2-4-9-20/h2-9,16H,10-15,17H2,1H3,(H,22,25). The third-order valence-corrected chi connectivity index (χ3v) is 6.73. The third kappa shape index (κ3) is 6.03. The van der Waals surface area contributed by atoms with Gasteiger partial charge in [-0.1, -0.05) is 30.3 Å². The molecule has 29 heavy (non-hydrogen) atoms. The van der Waals surface area contributed by atoms with Gasteiger partial charge in [-0.3, -0.25) is 9.69 Å². The highest BCUT2D eigenvalue weighted by atomic mass is 32.2. The lowest BCUT2D eigenvalue weighted by molar-refractivity contribution is -0.123. The molecule has 1 aliphatic heterocycles. The van der Waals surface area contributed by atoms with Crippen LogP contribution in [0.4, 0.5) is 0 Å². The average molecular weight is 418 g/mol. The molecule has 1 saturated heterocycles. The number of sulfonamides is 1. The molecule has 1 aliphatic rings. The van der Waals surface area contributed by atoms with Gasteiger partial charge >= 0.3 is 0 Å². The van der Waals surface area contributed by atoms with E-state index < -0.39 is 10.0 Å². The molecule has 0 radical (unpaired) electrons. The van der Waals surface area contributed by atoms with Crippen molar-refractivity contribution in [3.8, 4) is 5.75 Å². The number of hydrogen-bond acceptors (Lipinski definition) is 5. The summed E-state index contributed by atoms with van der Waals surface area (Å²) < 4.78 is 32.3. The van der Waals surface area contributed by atoms with Gasteiger partial charge in [-0.15, -0.1) is 0 Å². The van der Waals surface area contributed by atoms with Gasteiger partial charge in [-0.05, 0) is 36.8 Å². The Morgan fingerprint density at radius 2 is 1.76 bits per heavy atom. The van der Waals surface area contributed by atoms with Crippen LogP contribution in [0.15, 0.2) is 59.5 Å². The number of benzene rings is 2. The second kappa shape index (κ2) is 9.87. The van der Waals surface area contributed by atoms with E-state index in [-0.39, 0.29) is 12.5 Å². The topological polar surface area (TPSA) is 79.0 Å². The molecule has 1 fully saturated rings. The van der Waals surface area contributed by atoms with Crippen molar-refractivity contribution in [3.05, 3.63) is 60.2 Å². The number of carbonyl (C=O) groups excluding carboxylic acids is 1. The minimum atomic E-state index is -3.44. The summed E-state index contributed by atoms with van der Waals surface area (Å²) in [6.07, 6.45) is 0. The van der Waals surface area contributed by atoms with Gasteiger partial charge in [-0.25, -0.2) is 8.42 Å². The Morgan fingerprint density at radius 1 is 1.03 bits per heavy atom. The fourth-order valence-corrected chi connectivity index (χ4v) is 4.64. The van der Waals surface area contributed by atoms with Crippen molar-refractivity contribution < 1.29 is 17.9 Å². The van der Waals surface area contributed by atoms with Crippen LogP contribution in [0.25, 0.3) is 0 Å². The summed E-state index contributed by atoms with van der Waals surface area (Å²) in [6, 6.07) is 16.1. The predicted molar refractivity (Wildman–Crippen MR) is 111 cm³/mol. The summed E-state index contributed by atoms with van der Waals surface area (Å²) in [5, 5.41) is 2.84. The number of nitrogens with zero attached hydrogens (tertiary/aromatic N) is 2. The number of piperazine rings is 1. The second-order valence-corrected chi connectivity index (χ2v) is 8.95. The molecule has 2 aromatic rings. The molecule has 1 amide bonds. The Kier molecular flexibility index (Phi) is 7.24. The van der Waals surface area contributed by atoms with Gasteiger partial charge in [0.25, 0.3) is 5.91 Å². The molecular formula is C21H27N3O4S. The lowest BCUT2D eigenvalue weighted by atomic mass is 10.2. The summed E-state index contributed by atoms with van der Waals surface area (Å²) in [6.45, 7) is 5.30. The van der Waals surface area contributed by atoms with E-state index in [4.69, 9.17) is 4.74 Å². The molecule has 3 rings (SSSR count). The van der Waals surface area contributed by atoms with E-state index >= 15 is 0 Å². The van der Waals surface area contributed by atoms with Crippen molar-refractivity contribution in [2.24, 2.45) is 0 Å². The van der Waals surface area contributed by atoms with Gasteiger partial charge in [-0.2, -0.15) is 4.31 Å². The number of nitrogens with one attached hydrogen (secondary N) is 1. The van der Waals surface area contributed by atoms with Crippen LogP contribution in [-0.4, -0.2) is 69.4 Å². The van der Waals surface area contributed by atoms with Crippen LogP contribution in [-0.2, 0) is 14.8 Å². The van der Waals surface area contributed by atoms with Crippen molar-refractivity contribution in [2.75, 3.05) is 45.9 Å². The minimum Gasteiger partial charge on any atom is -0.484 e. The molecule has 0 saturated carbocycles. The van der Waals surface area contributed by atoms with Crippen molar-refractivity contribution in [3.63, 3.8) is 0 Å². The first kappa shape index (κ1) is 21.3. The summed E-state index contributed by atoms with van der Waals surface area (Å²) in [5.41, 5.74) is 1.08. The van der Waals surface area contributed by atoms with Gasteiger partial charge in [0.1, 0.15) is 5.75 Å². The second-order valence-electron chi connectivity index (χ2n) is 7.01. The van der Waals surface area contributed by atoms with Gasteiger partial charge in [0.05, 0.1) is 4.90 Å². The molecule has 156 valence electrons. The molecule has 7 nitrogen and oxygen atoms in total. The molecule has 0 aromatic heterocycles. The molecule has 0 unspecified atom stereocenters. The lowest BCUT2D eigenvalue weighted by Gasteiger charge is -2.33. The first-order valence-corrected chi connectivity index (χ1v) is 11.1. The quantitative estimate of drug-likeness (QED) is 0.704. The van der Waals surface area contributed by atoms with Crippen molar-refractivity contribution in [2.45, 2.75) is 11.8 Å². The Morgan fingerprint density at radius 3 is 2.45 bits per heavy atom. The Balaban J connectivity index is 1.36. The maximum absolute atomic E-state index is 12.6. The number of rotatable bonds is 8. The van der Waals surface area contributed by atoms with Crippen LogP contribution in [0.5, 0.6) is 5.75 Å². The zero-order valence-corrected chi connectivity index (χ0v) is 17.4. The van der Waals surface area contributed by atoms with Gasteiger partial charge in [0, 0.05) is 39.3 Å². The summed E-state index contributed by atoms with van der Waals surface area (Å²) in [5.74, 6) is 0.507. The van der Waals surface area contributed by atoms with Crippen LogP contribution < -0.4 is 10.1 Å². The van der Waals surface area contributed by atoms with E-state index in [0.29, 0.717) is 49.9 Å². The van der Waals surface area contributed by atoms with E-state index in [0.717, 1.165) is 5.56 Å². The highest BCUT2D eigenvalue weighted by molar-refractivity contribution is 7.89. The summed E-state index contributed by atoms with van der Waals surface area (Å²) in [7, 11) is -3.44. The fraction of sp³-hybridized carbons (Fsp3) is 0.381. The molecule has 0 spiro atoms. The molecule has 0 atom stereocenters. The summed E-state index contributed by atoms with van der Waals surface area (Å²) in [4.78, 5) is 14.4. The maximum Gasteiger partial charge on any atom is 0.257 e. The molecule has 0 aliphatic carbocycles. The van der Waals surface area contributed by atoms with E-state index in [9.17, 15) is 13.2 Å². The van der Waals surface area contributed by atoms with Crippen molar-refractivity contribution in [1.82, 2.24) is 14.5 Å². The number of ether oxygens (including phenoxy) is 1. The fourth-order valence-electron chi connectivity index (χ4n) is 3.19. The number of amides is 1. The predicted octanol–water partition coefficient (Wildman–Crippen LogP) is 1.50. The maximum atomic E-state index is 12.6. The highest BCUT2D eigenvalue weighted by Crippen LogP contribution is 2.17. The molecule has 2 aromatic carbocycles. The zero-order chi connectivity index (χ0) is 20.7. The van der Waals surface area contributed by atoms with E-state index in [1.165, 1.54) is 4.31 Å². The first-order valence-electron chi connectivity index (χ1n) is 9.69. The molecule has 1 N–H and O–H groups in total. The smallest absolute Gasteiger partial charge is 0.257 e. The van der Waals surface area contributed by atoms with Crippen LogP contribution in [0.2, 0.25) is 0 Å². The van der Waals surface area contributed by atoms with E-state index in [2.05, 4.69) is 10.2 Å². The van der Waals surface area contributed by atoms with Gasteiger partial charge in [0.15, 0.2) is 6.61 Å². The number of aryl methyl sites for hydroxylation is 1. The number of hydrogen-bond donors (Lipinski definition) is 1. The highest BCUT2D eigenvalue weighted by Gasteiger charge is 2.28. The van der Waals surface area contributed by atoms with Crippen molar-refractivity contribution >= 4 is 15.9 Å². The van der Waals surface area contributed by atoms with E-state index in [1.54, 1.807) is 30.3 Å².